The molecular formula is C15H24N2O. The lowest BCUT2D eigenvalue weighted by atomic mass is 10.1. The molecule has 1 aromatic rings. The smallest absolute Gasteiger partial charge is 0.241 e. The van der Waals surface area contributed by atoms with Crippen molar-refractivity contribution < 1.29 is 4.79 Å². The molecule has 3 nitrogen and oxygen atoms in total. The lowest BCUT2D eigenvalue weighted by Crippen LogP contribution is -2.35. The molecule has 100 valence electrons. The van der Waals surface area contributed by atoms with Crippen molar-refractivity contribution in [3.8, 4) is 0 Å². The molecule has 0 aliphatic rings. The average Bonchev–Trinajstić information content (AvgIpc) is 2.38. The molecule has 0 aromatic heterocycles. The number of rotatable bonds is 7. The number of anilines is 1. The van der Waals surface area contributed by atoms with Crippen molar-refractivity contribution in [3.05, 3.63) is 29.8 Å². The molecule has 1 rings (SSSR count). The minimum Gasteiger partial charge on any atom is -0.325 e. The maximum atomic E-state index is 11.7. The standard InChI is InChI=1S/C15H24N2O/c1-3-5-7-12-8-10-13(11-9-12)17-15(18)14(16)6-4-2/h8-11,14H,3-7,16H2,1-2H3,(H,17,18)/t14-/m0/s1. The third-order valence-electron chi connectivity index (χ3n) is 2.98. The maximum absolute atomic E-state index is 11.7. The minimum absolute atomic E-state index is 0.0989. The topological polar surface area (TPSA) is 55.1 Å². The minimum atomic E-state index is -0.408. The van der Waals surface area contributed by atoms with Gasteiger partial charge in [-0.3, -0.25) is 4.79 Å². The zero-order valence-electron chi connectivity index (χ0n) is 11.4. The summed E-state index contributed by atoms with van der Waals surface area (Å²) in [6.07, 6.45) is 5.14. The second-order valence-corrected chi connectivity index (χ2v) is 4.68. The van der Waals surface area contributed by atoms with Crippen LogP contribution in [-0.2, 0) is 11.2 Å². The molecule has 3 N–H and O–H groups in total. The van der Waals surface area contributed by atoms with Gasteiger partial charge in [0.25, 0.3) is 0 Å². The van der Waals surface area contributed by atoms with E-state index in [1.165, 1.54) is 18.4 Å². The van der Waals surface area contributed by atoms with Crippen molar-refractivity contribution in [1.29, 1.82) is 0 Å². The predicted octanol–water partition coefficient (Wildman–Crippen LogP) is 3.10. The van der Waals surface area contributed by atoms with Crippen LogP contribution in [0, 0.1) is 0 Å². The molecule has 0 aliphatic carbocycles. The van der Waals surface area contributed by atoms with Gasteiger partial charge in [0.15, 0.2) is 0 Å². The van der Waals surface area contributed by atoms with E-state index in [9.17, 15) is 4.79 Å². The van der Waals surface area contributed by atoms with Crippen LogP contribution in [0.4, 0.5) is 5.69 Å². The van der Waals surface area contributed by atoms with E-state index < -0.39 is 6.04 Å². The zero-order chi connectivity index (χ0) is 13.4. The van der Waals surface area contributed by atoms with E-state index in [-0.39, 0.29) is 5.91 Å². The van der Waals surface area contributed by atoms with Crippen LogP contribution in [-0.4, -0.2) is 11.9 Å². The predicted molar refractivity (Wildman–Crippen MR) is 76.6 cm³/mol. The Morgan fingerprint density at radius 2 is 1.89 bits per heavy atom. The van der Waals surface area contributed by atoms with Crippen LogP contribution in [0.15, 0.2) is 24.3 Å². The summed E-state index contributed by atoms with van der Waals surface area (Å²) in [5.41, 5.74) is 7.90. The van der Waals surface area contributed by atoms with Gasteiger partial charge in [-0.1, -0.05) is 38.8 Å². The molecule has 1 aromatic carbocycles. The van der Waals surface area contributed by atoms with Gasteiger partial charge in [0.05, 0.1) is 6.04 Å². The largest absolute Gasteiger partial charge is 0.325 e. The number of carbonyl (C=O) groups excluding carboxylic acids is 1. The summed E-state index contributed by atoms with van der Waals surface area (Å²) in [6, 6.07) is 7.62. The third-order valence-corrected chi connectivity index (χ3v) is 2.98. The van der Waals surface area contributed by atoms with E-state index in [0.29, 0.717) is 0 Å². The molecule has 0 aliphatic heterocycles. The van der Waals surface area contributed by atoms with Crippen LogP contribution in [0.2, 0.25) is 0 Å². The van der Waals surface area contributed by atoms with Crippen molar-refractivity contribution in [2.75, 3.05) is 5.32 Å². The number of hydrogen-bond acceptors (Lipinski definition) is 2. The van der Waals surface area contributed by atoms with Crippen molar-refractivity contribution >= 4 is 11.6 Å². The summed E-state index contributed by atoms with van der Waals surface area (Å²) >= 11 is 0. The Kier molecular flexibility index (Phi) is 6.44. The van der Waals surface area contributed by atoms with Crippen LogP contribution in [0.1, 0.15) is 45.1 Å². The fraction of sp³-hybridized carbons (Fsp3) is 0.533. The number of hydrogen-bond donors (Lipinski definition) is 2. The Bertz CT molecular complexity index is 359. The Labute approximate surface area is 110 Å². The first-order valence-electron chi connectivity index (χ1n) is 6.82. The number of benzene rings is 1. The SMILES string of the molecule is CCCCc1ccc(NC(=O)[C@@H](N)CCC)cc1. The summed E-state index contributed by atoms with van der Waals surface area (Å²) in [5.74, 6) is -0.0989. The first-order chi connectivity index (χ1) is 8.67. The van der Waals surface area contributed by atoms with E-state index in [0.717, 1.165) is 24.9 Å². The van der Waals surface area contributed by atoms with E-state index in [2.05, 4.69) is 24.4 Å². The van der Waals surface area contributed by atoms with Crippen molar-refractivity contribution in [1.82, 2.24) is 0 Å². The highest BCUT2D eigenvalue weighted by atomic mass is 16.2. The first kappa shape index (κ1) is 14.7. The highest BCUT2D eigenvalue weighted by Gasteiger charge is 2.11. The summed E-state index contributed by atoms with van der Waals surface area (Å²) < 4.78 is 0. The fourth-order valence-corrected chi connectivity index (χ4v) is 1.81. The van der Waals surface area contributed by atoms with Gasteiger partial charge in [0, 0.05) is 5.69 Å². The lowest BCUT2D eigenvalue weighted by Gasteiger charge is -2.11. The van der Waals surface area contributed by atoms with Gasteiger partial charge in [-0.05, 0) is 37.0 Å². The molecule has 0 saturated carbocycles. The van der Waals surface area contributed by atoms with E-state index in [1.54, 1.807) is 0 Å². The highest BCUT2D eigenvalue weighted by molar-refractivity contribution is 5.94. The molecule has 0 radical (unpaired) electrons. The molecule has 0 heterocycles. The maximum Gasteiger partial charge on any atom is 0.241 e. The first-order valence-corrected chi connectivity index (χ1v) is 6.82. The van der Waals surface area contributed by atoms with Gasteiger partial charge in [0.1, 0.15) is 0 Å². The molecule has 0 fully saturated rings. The van der Waals surface area contributed by atoms with Gasteiger partial charge in [-0.25, -0.2) is 0 Å². The summed E-state index contributed by atoms with van der Waals surface area (Å²) in [5, 5.41) is 2.85. The zero-order valence-corrected chi connectivity index (χ0v) is 11.4. The second-order valence-electron chi connectivity index (χ2n) is 4.68. The van der Waals surface area contributed by atoms with Crippen LogP contribution >= 0.6 is 0 Å². The average molecular weight is 248 g/mol. The van der Waals surface area contributed by atoms with Crippen LogP contribution in [0.5, 0.6) is 0 Å². The number of unbranched alkanes of at least 4 members (excludes halogenated alkanes) is 1. The monoisotopic (exact) mass is 248 g/mol. The van der Waals surface area contributed by atoms with Gasteiger partial charge < -0.3 is 11.1 Å². The molecule has 1 atom stereocenters. The van der Waals surface area contributed by atoms with Crippen molar-refractivity contribution in [2.45, 2.75) is 52.0 Å². The molecule has 0 unspecified atom stereocenters. The number of nitrogens with one attached hydrogen (secondary N) is 1. The van der Waals surface area contributed by atoms with E-state index in [1.807, 2.05) is 19.1 Å². The third kappa shape index (κ3) is 4.88. The van der Waals surface area contributed by atoms with Gasteiger partial charge >= 0.3 is 0 Å². The van der Waals surface area contributed by atoms with Gasteiger partial charge in [-0.15, -0.1) is 0 Å². The van der Waals surface area contributed by atoms with Crippen LogP contribution in [0.3, 0.4) is 0 Å². The van der Waals surface area contributed by atoms with Gasteiger partial charge in [-0.2, -0.15) is 0 Å². The molecule has 1 amide bonds. The van der Waals surface area contributed by atoms with E-state index >= 15 is 0 Å². The summed E-state index contributed by atoms with van der Waals surface area (Å²) in [7, 11) is 0. The van der Waals surface area contributed by atoms with Crippen LogP contribution in [0.25, 0.3) is 0 Å². The Hall–Kier alpha value is -1.35. The van der Waals surface area contributed by atoms with Crippen molar-refractivity contribution in [2.24, 2.45) is 5.73 Å². The number of nitrogens with two attached hydrogens (primary N) is 1. The van der Waals surface area contributed by atoms with Gasteiger partial charge in [0.2, 0.25) is 5.91 Å². The second kappa shape index (κ2) is 7.88. The summed E-state index contributed by atoms with van der Waals surface area (Å²) in [4.78, 5) is 11.7. The lowest BCUT2D eigenvalue weighted by molar-refractivity contribution is -0.117. The molecule has 18 heavy (non-hydrogen) atoms. The number of amides is 1. The fourth-order valence-electron chi connectivity index (χ4n) is 1.81. The number of aryl methyl sites for hydroxylation is 1. The Morgan fingerprint density at radius 1 is 1.22 bits per heavy atom. The molecule has 0 spiro atoms. The summed E-state index contributed by atoms with van der Waals surface area (Å²) in [6.45, 7) is 4.21. The van der Waals surface area contributed by atoms with E-state index in [4.69, 9.17) is 5.73 Å². The number of carbonyl (C=O) groups is 1. The van der Waals surface area contributed by atoms with Crippen LogP contribution < -0.4 is 11.1 Å². The van der Waals surface area contributed by atoms with Crippen molar-refractivity contribution in [3.63, 3.8) is 0 Å². The molecular weight excluding hydrogens is 224 g/mol. The Morgan fingerprint density at radius 3 is 2.44 bits per heavy atom. The highest BCUT2D eigenvalue weighted by Crippen LogP contribution is 2.12. The molecule has 0 saturated heterocycles. The molecule has 0 bridgehead atoms. The quantitative estimate of drug-likeness (QED) is 0.779. The molecule has 3 heteroatoms. The normalized spacial score (nSPS) is 12.2. The Balaban J connectivity index is 2.50.